The van der Waals surface area contributed by atoms with E-state index in [1.807, 2.05) is 6.08 Å². The Labute approximate surface area is 245 Å². The fourth-order valence-corrected chi connectivity index (χ4v) is 6.50. The second kappa shape index (κ2) is 10.5. The molecule has 2 unspecified atom stereocenters. The number of nitrogen functional groups attached to an aromatic ring is 1. The van der Waals surface area contributed by atoms with Crippen molar-refractivity contribution in [1.29, 1.82) is 0 Å². The Balaban J connectivity index is 0.00000289. The Kier molecular flexibility index (Phi) is 7.20. The van der Waals surface area contributed by atoms with Crippen LogP contribution in [0.15, 0.2) is 11.6 Å². The monoisotopic (exact) mass is 637 g/mol. The number of hydrogen-bond acceptors (Lipinski definition) is 8. The molecular weight excluding hydrogens is 606 g/mol. The van der Waals surface area contributed by atoms with E-state index < -0.39 is 5.82 Å². The third-order valence-corrected chi connectivity index (χ3v) is 8.71. The van der Waals surface area contributed by atoms with Gasteiger partial charge in [0, 0.05) is 75.3 Å². The first-order chi connectivity index (χ1) is 18.9. The van der Waals surface area contributed by atoms with Gasteiger partial charge in [-0.15, -0.1) is 0 Å². The predicted molar refractivity (Wildman–Crippen MR) is 146 cm³/mol. The standard InChI is InChI=1S/C29H33FN6O3.Pd/c1-14-22(30)10-23(32)21(11-31)24(14)25-19(15-2-3-15)9-20-26(27(25)37)34-29(39-18-4-6-38-7-5-18)35-28(20)36-13-16-8-17(36)12-33-16;/h9-11,15-18,33H,2-8,12-13H2,1H3,(H4,31,32,37);/p-1. The molecule has 2 bridgehead atoms. The number of Topliss-reactive ketones (excluding diaryl/α,β-unsaturated/α-hetero) is 1. The quantitative estimate of drug-likeness (QED) is 0.386. The minimum Gasteiger partial charge on any atom is -0.704 e. The summed E-state index contributed by atoms with van der Waals surface area (Å²) in [5.41, 5.74) is 16.8. The molecule has 4 N–H and O–H groups in total. The van der Waals surface area contributed by atoms with Crippen LogP contribution < -0.4 is 31.1 Å². The number of anilines is 2. The Hall–Kier alpha value is -2.84. The van der Waals surface area contributed by atoms with Gasteiger partial charge >= 0.3 is 6.01 Å². The van der Waals surface area contributed by atoms with Gasteiger partial charge in [0.05, 0.1) is 13.2 Å². The SMILES string of the molecule is Cc1c(F)cc(N)c(=C\[NH-])/c1=C1/C(=O)c2nc(OC3CCOCC3)nc(N3CC4CC3CN4)c2C=C1C1CC1.[Pd]. The summed E-state index contributed by atoms with van der Waals surface area (Å²) in [6.45, 7) is 4.53. The third-order valence-electron chi connectivity index (χ3n) is 8.71. The first-order valence-electron chi connectivity index (χ1n) is 13.8. The van der Waals surface area contributed by atoms with Crippen molar-refractivity contribution >= 4 is 35.1 Å². The van der Waals surface area contributed by atoms with Crippen molar-refractivity contribution in [2.75, 3.05) is 36.9 Å². The number of ketones is 1. The normalized spacial score (nSPS) is 26.1. The van der Waals surface area contributed by atoms with Crippen LogP contribution in [0.1, 0.15) is 53.7 Å². The van der Waals surface area contributed by atoms with Gasteiger partial charge in [0.1, 0.15) is 23.4 Å². The molecule has 7 rings (SSSR count). The van der Waals surface area contributed by atoms with Crippen molar-refractivity contribution in [2.24, 2.45) is 5.92 Å². The smallest absolute Gasteiger partial charge is 0.319 e. The van der Waals surface area contributed by atoms with Crippen LogP contribution in [-0.2, 0) is 25.2 Å². The van der Waals surface area contributed by atoms with Crippen LogP contribution in [0.4, 0.5) is 15.9 Å². The summed E-state index contributed by atoms with van der Waals surface area (Å²) in [5.74, 6) is 0.113. The van der Waals surface area contributed by atoms with E-state index in [1.54, 1.807) is 6.92 Å². The molecule has 2 aliphatic carbocycles. The van der Waals surface area contributed by atoms with Gasteiger partial charge in [0.2, 0.25) is 5.78 Å². The van der Waals surface area contributed by atoms with Crippen molar-refractivity contribution in [2.45, 2.75) is 57.2 Å². The van der Waals surface area contributed by atoms with Gasteiger partial charge in [-0.3, -0.25) is 4.79 Å². The van der Waals surface area contributed by atoms with Gasteiger partial charge in [0.25, 0.3) is 0 Å². The summed E-state index contributed by atoms with van der Waals surface area (Å²) < 4.78 is 26.7. The summed E-state index contributed by atoms with van der Waals surface area (Å²) in [6, 6.07) is 2.09. The number of piperazine rings is 1. The van der Waals surface area contributed by atoms with Gasteiger partial charge in [-0.2, -0.15) is 16.2 Å². The number of ether oxygens (including phenoxy) is 2. The van der Waals surface area contributed by atoms with Crippen molar-refractivity contribution < 1.29 is 39.1 Å². The number of rotatable bonds is 4. The summed E-state index contributed by atoms with van der Waals surface area (Å²) in [5, 5.41) is 4.27. The van der Waals surface area contributed by atoms with Gasteiger partial charge in [0.15, 0.2) is 0 Å². The Morgan fingerprint density at radius 1 is 1.25 bits per heavy atom. The minimum atomic E-state index is -0.498. The number of carbonyl (C=O) groups excluding carboxylic acids is 1. The van der Waals surface area contributed by atoms with Gasteiger partial charge < -0.3 is 31.2 Å². The van der Waals surface area contributed by atoms with Crippen molar-refractivity contribution in [3.05, 3.63) is 50.4 Å². The fourth-order valence-electron chi connectivity index (χ4n) is 6.50. The second-order valence-corrected chi connectivity index (χ2v) is 11.3. The van der Waals surface area contributed by atoms with E-state index in [0.29, 0.717) is 46.4 Å². The molecule has 2 atom stereocenters. The van der Waals surface area contributed by atoms with Crippen LogP contribution >= 0.6 is 0 Å². The molecule has 3 aliphatic heterocycles. The third kappa shape index (κ3) is 4.53. The number of hydrogen-bond donors (Lipinski definition) is 2. The zero-order valence-corrected chi connectivity index (χ0v) is 23.8. The number of benzene rings is 1. The Morgan fingerprint density at radius 3 is 2.67 bits per heavy atom. The van der Waals surface area contributed by atoms with Crippen molar-refractivity contribution in [3.63, 3.8) is 0 Å². The molecule has 5 aliphatic rings. The van der Waals surface area contributed by atoms with Crippen LogP contribution in [0.3, 0.4) is 0 Å². The van der Waals surface area contributed by atoms with Gasteiger partial charge in [-0.1, -0.05) is 0 Å². The molecule has 0 radical (unpaired) electrons. The number of halogens is 1. The van der Waals surface area contributed by atoms with Crippen molar-refractivity contribution in [3.8, 4) is 6.01 Å². The maximum atomic E-state index is 15.0. The van der Waals surface area contributed by atoms with Crippen LogP contribution in [-0.4, -0.2) is 60.2 Å². The topological polar surface area (TPSA) is 126 Å². The fraction of sp³-hybridized carbons (Fsp3) is 0.483. The zero-order valence-electron chi connectivity index (χ0n) is 22.2. The molecule has 3 saturated heterocycles. The molecule has 4 heterocycles. The molecule has 1 saturated carbocycles. The Bertz CT molecular complexity index is 1540. The average Bonchev–Trinajstić information content (AvgIpc) is 3.56. The second-order valence-electron chi connectivity index (χ2n) is 11.3. The maximum absolute atomic E-state index is 15.0. The number of fused-ring (bicyclic) bond motifs is 3. The number of allylic oxidation sites excluding steroid dienone is 1. The van der Waals surface area contributed by atoms with Gasteiger partial charge in [-0.05, 0) is 65.8 Å². The first-order valence-corrected chi connectivity index (χ1v) is 13.8. The van der Waals surface area contributed by atoms with Crippen LogP contribution in [0.5, 0.6) is 6.01 Å². The summed E-state index contributed by atoms with van der Waals surface area (Å²) in [6.07, 6.45) is 7.44. The molecule has 0 amide bonds. The summed E-state index contributed by atoms with van der Waals surface area (Å²) in [7, 11) is 0. The van der Waals surface area contributed by atoms with E-state index in [4.69, 9.17) is 25.9 Å². The largest absolute Gasteiger partial charge is 0.704 e. The van der Waals surface area contributed by atoms with Crippen LogP contribution in [0.2, 0.25) is 0 Å². The van der Waals surface area contributed by atoms with E-state index in [1.165, 1.54) is 6.07 Å². The van der Waals surface area contributed by atoms with Crippen LogP contribution in [0, 0.1) is 18.7 Å². The molecule has 214 valence electrons. The number of nitrogens with zero attached hydrogens (tertiary/aromatic N) is 3. The molecular formula is C29H32FN6O3Pd-. The Morgan fingerprint density at radius 2 is 2.02 bits per heavy atom. The average molecular weight is 638 g/mol. The van der Waals surface area contributed by atoms with E-state index in [9.17, 15) is 9.18 Å². The molecule has 40 heavy (non-hydrogen) atoms. The van der Waals surface area contributed by atoms with E-state index in [-0.39, 0.29) is 61.7 Å². The molecule has 4 fully saturated rings. The zero-order chi connectivity index (χ0) is 26.8. The number of aromatic nitrogens is 2. The minimum absolute atomic E-state index is 0. The number of nitrogens with two attached hydrogens (primary N) is 1. The number of nitrogens with one attached hydrogen (secondary N) is 2. The predicted octanol–water partition coefficient (Wildman–Crippen LogP) is 2.24. The number of carbonyl (C=O) groups is 1. The van der Waals surface area contributed by atoms with Gasteiger partial charge in [-0.25, -0.2) is 4.39 Å². The molecule has 11 heteroatoms. The molecule has 0 spiro atoms. The first kappa shape index (κ1) is 27.3. The van der Waals surface area contributed by atoms with Crippen LogP contribution in [0.25, 0.3) is 23.6 Å². The van der Waals surface area contributed by atoms with E-state index in [2.05, 4.69) is 15.2 Å². The summed E-state index contributed by atoms with van der Waals surface area (Å²) >= 11 is 0. The molecule has 1 aromatic carbocycles. The summed E-state index contributed by atoms with van der Waals surface area (Å²) in [4.78, 5) is 26.3. The maximum Gasteiger partial charge on any atom is 0.319 e. The van der Waals surface area contributed by atoms with E-state index >= 15 is 0 Å². The molecule has 9 nitrogen and oxygen atoms in total. The molecule has 2 aromatic rings. The van der Waals surface area contributed by atoms with Crippen molar-refractivity contribution in [1.82, 2.24) is 15.3 Å². The molecule has 1 aromatic heterocycles. The van der Waals surface area contributed by atoms with E-state index in [0.717, 1.165) is 62.8 Å².